The second kappa shape index (κ2) is 17.2. The van der Waals surface area contributed by atoms with E-state index in [0.29, 0.717) is 0 Å². The summed E-state index contributed by atoms with van der Waals surface area (Å²) >= 11 is 0. The van der Waals surface area contributed by atoms with E-state index in [4.69, 9.17) is 0 Å². The fourth-order valence-electron chi connectivity index (χ4n) is 11.4. The summed E-state index contributed by atoms with van der Waals surface area (Å²) in [6.07, 6.45) is 0. The molecule has 0 radical (unpaired) electrons. The molecule has 0 saturated carbocycles. The van der Waals surface area contributed by atoms with Crippen molar-refractivity contribution in [2.75, 3.05) is 4.90 Å². The molecular formula is C70H46N2. The first-order chi connectivity index (χ1) is 35.7. The maximum atomic E-state index is 2.41. The van der Waals surface area contributed by atoms with E-state index in [1.54, 1.807) is 0 Å². The van der Waals surface area contributed by atoms with Crippen LogP contribution in [0.15, 0.2) is 279 Å². The van der Waals surface area contributed by atoms with Gasteiger partial charge in [0.15, 0.2) is 0 Å². The van der Waals surface area contributed by atoms with Crippen molar-refractivity contribution in [3.8, 4) is 50.2 Å². The van der Waals surface area contributed by atoms with E-state index >= 15 is 0 Å². The molecule has 2 heteroatoms. The molecule has 0 atom stereocenters. The molecule has 0 spiro atoms. The fourth-order valence-corrected chi connectivity index (χ4v) is 11.4. The van der Waals surface area contributed by atoms with Gasteiger partial charge in [-0.05, 0) is 154 Å². The number of benzene rings is 13. The van der Waals surface area contributed by atoms with Crippen LogP contribution in [0.3, 0.4) is 0 Å². The number of nitrogens with zero attached hydrogens (tertiary/aromatic N) is 2. The van der Waals surface area contributed by atoms with Gasteiger partial charge in [0.2, 0.25) is 0 Å². The number of anilines is 3. The Morgan fingerprint density at radius 1 is 0.236 bits per heavy atom. The normalized spacial score (nSPS) is 11.6. The van der Waals surface area contributed by atoms with E-state index in [1.165, 1.54) is 109 Å². The van der Waals surface area contributed by atoms with E-state index in [-0.39, 0.29) is 0 Å². The zero-order chi connectivity index (χ0) is 47.5. The van der Waals surface area contributed by atoms with Crippen molar-refractivity contribution in [3.05, 3.63) is 279 Å². The molecule has 0 bridgehead atoms. The Bertz CT molecular complexity index is 4290. The zero-order valence-electron chi connectivity index (χ0n) is 39.5. The van der Waals surface area contributed by atoms with Gasteiger partial charge in [-0.3, -0.25) is 0 Å². The van der Waals surface area contributed by atoms with Crippen LogP contribution in [-0.2, 0) is 0 Å². The van der Waals surface area contributed by atoms with Gasteiger partial charge in [0.05, 0.1) is 11.0 Å². The number of rotatable bonds is 8. The summed E-state index contributed by atoms with van der Waals surface area (Å²) in [4.78, 5) is 2.41. The number of hydrogen-bond donors (Lipinski definition) is 0. The van der Waals surface area contributed by atoms with Crippen LogP contribution in [0.2, 0.25) is 0 Å². The minimum Gasteiger partial charge on any atom is -0.310 e. The number of hydrogen-bond acceptors (Lipinski definition) is 1. The third-order valence-corrected chi connectivity index (χ3v) is 14.8. The first-order valence-corrected chi connectivity index (χ1v) is 24.8. The molecule has 1 aromatic heterocycles. The molecule has 0 aliphatic rings. The molecule has 0 amide bonds. The van der Waals surface area contributed by atoms with E-state index < -0.39 is 0 Å². The van der Waals surface area contributed by atoms with Gasteiger partial charge in [-0.2, -0.15) is 0 Å². The molecular weight excluding hydrogens is 869 g/mol. The average molecular weight is 915 g/mol. The standard InChI is InChI=1S/C70H46N2/c1-2-19-55(20-3-1)72-67-28-13-12-22-61(67)66-46-58(43-44-68(66)72)71(56-39-35-50(36-40-56)60-27-14-18-49-16-6-7-21-59(49)60)57-41-37-52(38-42-57)70-64-25-10-8-23-62(64)69(63-24-9-11-26-65(63)70)51-32-29-48(30-33-51)54-34-31-47-15-4-5-17-53(47)45-54/h1-46H. The van der Waals surface area contributed by atoms with Crippen LogP contribution in [0.5, 0.6) is 0 Å². The van der Waals surface area contributed by atoms with Crippen molar-refractivity contribution in [1.82, 2.24) is 4.57 Å². The fraction of sp³-hybridized carbons (Fsp3) is 0. The first kappa shape index (κ1) is 41.5. The maximum absolute atomic E-state index is 2.41. The molecule has 14 aromatic rings. The van der Waals surface area contributed by atoms with Crippen molar-refractivity contribution in [2.24, 2.45) is 0 Å². The van der Waals surface area contributed by atoms with Crippen LogP contribution >= 0.6 is 0 Å². The molecule has 1 heterocycles. The minimum absolute atomic E-state index is 1.08. The second-order valence-corrected chi connectivity index (χ2v) is 18.8. The Hall–Kier alpha value is -9.50. The Morgan fingerprint density at radius 2 is 0.694 bits per heavy atom. The Labute approximate surface area is 418 Å². The third-order valence-electron chi connectivity index (χ3n) is 14.8. The monoisotopic (exact) mass is 914 g/mol. The molecule has 336 valence electrons. The lowest BCUT2D eigenvalue weighted by molar-refractivity contribution is 1.18. The van der Waals surface area contributed by atoms with Crippen LogP contribution in [0.25, 0.3) is 115 Å². The van der Waals surface area contributed by atoms with Gasteiger partial charge in [-0.1, -0.05) is 212 Å². The molecule has 14 rings (SSSR count). The Balaban J connectivity index is 0.897. The smallest absolute Gasteiger partial charge is 0.0542 e. The van der Waals surface area contributed by atoms with Crippen molar-refractivity contribution in [3.63, 3.8) is 0 Å². The van der Waals surface area contributed by atoms with Crippen LogP contribution in [0.1, 0.15) is 0 Å². The average Bonchev–Trinajstić information content (AvgIpc) is 3.79. The van der Waals surface area contributed by atoms with Gasteiger partial charge in [-0.15, -0.1) is 0 Å². The molecule has 2 nitrogen and oxygen atoms in total. The van der Waals surface area contributed by atoms with Crippen molar-refractivity contribution in [2.45, 2.75) is 0 Å². The summed E-state index contributed by atoms with van der Waals surface area (Å²) in [5.41, 5.74) is 16.5. The lowest BCUT2D eigenvalue weighted by atomic mass is 9.85. The number of para-hydroxylation sites is 2. The highest BCUT2D eigenvalue weighted by molar-refractivity contribution is 6.21. The van der Waals surface area contributed by atoms with Gasteiger partial charge < -0.3 is 9.47 Å². The van der Waals surface area contributed by atoms with Gasteiger partial charge in [0, 0.05) is 33.5 Å². The van der Waals surface area contributed by atoms with Gasteiger partial charge in [0.25, 0.3) is 0 Å². The highest BCUT2D eigenvalue weighted by atomic mass is 15.1. The van der Waals surface area contributed by atoms with Crippen molar-refractivity contribution >= 4 is 82.0 Å². The van der Waals surface area contributed by atoms with Gasteiger partial charge in [-0.25, -0.2) is 0 Å². The molecule has 0 saturated heterocycles. The molecule has 0 fully saturated rings. The lowest BCUT2D eigenvalue weighted by Crippen LogP contribution is -2.10. The summed E-state index contributed by atoms with van der Waals surface area (Å²) in [5, 5.41) is 12.4. The van der Waals surface area contributed by atoms with Crippen LogP contribution < -0.4 is 4.90 Å². The van der Waals surface area contributed by atoms with E-state index in [1.807, 2.05) is 0 Å². The van der Waals surface area contributed by atoms with E-state index in [9.17, 15) is 0 Å². The Morgan fingerprint density at radius 3 is 1.35 bits per heavy atom. The zero-order valence-corrected chi connectivity index (χ0v) is 39.5. The SMILES string of the molecule is c1ccc(-n2c3ccccc3c3cc(N(c4ccc(-c5cccc6ccccc56)cc4)c4ccc(-c5c6ccccc6c(-c6ccc(-c7ccc8ccccc8c7)cc6)c6ccccc56)cc4)ccc32)cc1. The molecule has 0 N–H and O–H groups in total. The highest BCUT2D eigenvalue weighted by Gasteiger charge is 2.20. The number of aromatic nitrogens is 1. The topological polar surface area (TPSA) is 8.17 Å². The highest BCUT2D eigenvalue weighted by Crippen LogP contribution is 2.46. The quantitative estimate of drug-likeness (QED) is 0.138. The van der Waals surface area contributed by atoms with E-state index in [2.05, 4.69) is 289 Å². The minimum atomic E-state index is 1.08. The van der Waals surface area contributed by atoms with Crippen LogP contribution in [-0.4, -0.2) is 4.57 Å². The summed E-state index contributed by atoms with van der Waals surface area (Å²) in [6.45, 7) is 0. The number of fused-ring (bicyclic) bond motifs is 7. The van der Waals surface area contributed by atoms with Gasteiger partial charge in [0.1, 0.15) is 0 Å². The molecule has 0 unspecified atom stereocenters. The molecule has 0 aliphatic carbocycles. The maximum Gasteiger partial charge on any atom is 0.0542 e. The van der Waals surface area contributed by atoms with Crippen molar-refractivity contribution in [1.29, 1.82) is 0 Å². The predicted octanol–water partition coefficient (Wildman–Crippen LogP) is 19.5. The summed E-state index contributed by atoms with van der Waals surface area (Å²) in [7, 11) is 0. The summed E-state index contributed by atoms with van der Waals surface area (Å²) in [5.74, 6) is 0. The molecule has 13 aromatic carbocycles. The lowest BCUT2D eigenvalue weighted by Gasteiger charge is -2.26. The first-order valence-electron chi connectivity index (χ1n) is 24.8. The van der Waals surface area contributed by atoms with E-state index in [0.717, 1.165) is 22.7 Å². The predicted molar refractivity (Wildman–Crippen MR) is 307 cm³/mol. The van der Waals surface area contributed by atoms with Crippen LogP contribution in [0, 0.1) is 0 Å². The molecule has 72 heavy (non-hydrogen) atoms. The third kappa shape index (κ3) is 6.95. The Kier molecular flexibility index (Phi) is 9.89. The second-order valence-electron chi connectivity index (χ2n) is 18.8. The molecule has 0 aliphatic heterocycles. The van der Waals surface area contributed by atoms with Crippen LogP contribution in [0.4, 0.5) is 17.1 Å². The summed E-state index contributed by atoms with van der Waals surface area (Å²) in [6, 6.07) is 102. The van der Waals surface area contributed by atoms with Gasteiger partial charge >= 0.3 is 0 Å². The van der Waals surface area contributed by atoms with Crippen molar-refractivity contribution < 1.29 is 0 Å². The summed E-state index contributed by atoms with van der Waals surface area (Å²) < 4.78 is 2.38. The largest absolute Gasteiger partial charge is 0.310 e.